The first-order valence-electron chi connectivity index (χ1n) is 10.2. The van der Waals surface area contributed by atoms with E-state index >= 15 is 0 Å². The molecule has 1 aliphatic heterocycles. The smallest absolute Gasteiger partial charge is 0.276 e. The zero-order valence-corrected chi connectivity index (χ0v) is 17.5. The number of amides is 1. The molecule has 1 saturated heterocycles. The Morgan fingerprint density at radius 2 is 1.72 bits per heavy atom. The molecule has 0 atom stereocenters. The molecule has 2 aromatic carbocycles. The van der Waals surface area contributed by atoms with Gasteiger partial charge in [-0.25, -0.2) is 13.5 Å². The van der Waals surface area contributed by atoms with Gasteiger partial charge in [0.1, 0.15) is 11.6 Å². The minimum atomic E-state index is -0.810. The number of carbonyl (C=O) groups excluding carboxylic acids is 1. The number of aromatic nitrogens is 2. The Labute approximate surface area is 183 Å². The van der Waals surface area contributed by atoms with Crippen molar-refractivity contribution in [2.45, 2.75) is 13.5 Å². The molecule has 0 bridgehead atoms. The van der Waals surface area contributed by atoms with E-state index < -0.39 is 29.5 Å². The average Bonchev–Trinajstić information content (AvgIpc) is 2.79. The van der Waals surface area contributed by atoms with Crippen LogP contribution in [0.2, 0.25) is 0 Å². The van der Waals surface area contributed by atoms with Crippen molar-refractivity contribution in [1.82, 2.24) is 15.1 Å². The molecule has 4 rings (SSSR count). The number of hydrogen-bond acceptors (Lipinski definition) is 5. The molecular formula is C23H22F2N4O3. The van der Waals surface area contributed by atoms with E-state index in [1.54, 1.807) is 31.2 Å². The fourth-order valence-corrected chi connectivity index (χ4v) is 3.55. The van der Waals surface area contributed by atoms with E-state index in [4.69, 9.17) is 4.74 Å². The molecule has 3 aromatic rings. The molecule has 0 saturated carbocycles. The third-order valence-corrected chi connectivity index (χ3v) is 5.25. The number of morpholine rings is 1. The van der Waals surface area contributed by atoms with E-state index in [0.717, 1.165) is 0 Å². The van der Waals surface area contributed by atoms with Gasteiger partial charge < -0.3 is 15.0 Å². The first kappa shape index (κ1) is 21.6. The summed E-state index contributed by atoms with van der Waals surface area (Å²) in [6.07, 6.45) is 0. The molecule has 1 aliphatic rings. The Balaban J connectivity index is 1.53. The van der Waals surface area contributed by atoms with Crippen molar-refractivity contribution in [2.24, 2.45) is 0 Å². The highest BCUT2D eigenvalue weighted by molar-refractivity contribution is 5.92. The maximum Gasteiger partial charge on any atom is 0.276 e. The fourth-order valence-electron chi connectivity index (χ4n) is 3.55. The van der Waals surface area contributed by atoms with Crippen LogP contribution in [0.5, 0.6) is 0 Å². The highest BCUT2D eigenvalue weighted by Crippen LogP contribution is 2.23. The lowest BCUT2D eigenvalue weighted by Gasteiger charge is -2.29. The summed E-state index contributed by atoms with van der Waals surface area (Å²) in [6, 6.07) is 12.8. The number of rotatable bonds is 5. The summed E-state index contributed by atoms with van der Waals surface area (Å²) in [5.74, 6) is -2.36. The van der Waals surface area contributed by atoms with Gasteiger partial charge in [-0.1, -0.05) is 18.2 Å². The van der Waals surface area contributed by atoms with Crippen LogP contribution < -0.4 is 15.6 Å². The van der Waals surface area contributed by atoms with E-state index in [9.17, 15) is 18.4 Å². The summed E-state index contributed by atoms with van der Waals surface area (Å²) >= 11 is 0. The van der Waals surface area contributed by atoms with Gasteiger partial charge in [-0.15, -0.1) is 0 Å². The molecule has 0 radical (unpaired) electrons. The number of nitrogens with one attached hydrogen (secondary N) is 1. The van der Waals surface area contributed by atoms with Crippen molar-refractivity contribution in [2.75, 3.05) is 31.2 Å². The third-order valence-electron chi connectivity index (χ3n) is 5.25. The van der Waals surface area contributed by atoms with Crippen molar-refractivity contribution in [1.29, 1.82) is 0 Å². The van der Waals surface area contributed by atoms with Crippen LogP contribution in [-0.2, 0) is 11.3 Å². The Hall–Kier alpha value is -3.59. The highest BCUT2D eigenvalue weighted by Gasteiger charge is 2.20. The highest BCUT2D eigenvalue weighted by atomic mass is 19.1. The number of nitrogens with zero attached hydrogens (tertiary/aromatic N) is 3. The van der Waals surface area contributed by atoms with Gasteiger partial charge in [0.2, 0.25) is 5.43 Å². The van der Waals surface area contributed by atoms with Gasteiger partial charge in [-0.3, -0.25) is 9.59 Å². The third kappa shape index (κ3) is 4.52. The topological polar surface area (TPSA) is 76.5 Å². The van der Waals surface area contributed by atoms with Gasteiger partial charge in [-0.05, 0) is 31.2 Å². The lowest BCUT2D eigenvalue weighted by molar-refractivity contribution is 0.0942. The zero-order valence-electron chi connectivity index (χ0n) is 17.5. The molecule has 1 aromatic heterocycles. The van der Waals surface area contributed by atoms with Crippen molar-refractivity contribution in [3.8, 4) is 5.69 Å². The van der Waals surface area contributed by atoms with Crippen LogP contribution in [0.15, 0.2) is 53.3 Å². The fraction of sp³-hybridized carbons (Fsp3) is 0.261. The van der Waals surface area contributed by atoms with E-state index in [1.165, 1.54) is 22.9 Å². The Morgan fingerprint density at radius 3 is 2.38 bits per heavy atom. The van der Waals surface area contributed by atoms with Crippen molar-refractivity contribution >= 4 is 11.6 Å². The first-order valence-corrected chi connectivity index (χ1v) is 10.2. The number of hydrogen-bond donors (Lipinski definition) is 1. The number of para-hydroxylation sites is 1. The van der Waals surface area contributed by atoms with Crippen LogP contribution >= 0.6 is 0 Å². The maximum absolute atomic E-state index is 14.6. The van der Waals surface area contributed by atoms with Gasteiger partial charge in [0.05, 0.1) is 18.9 Å². The van der Waals surface area contributed by atoms with E-state index in [-0.39, 0.29) is 11.3 Å². The molecule has 32 heavy (non-hydrogen) atoms. The molecule has 9 heteroatoms. The van der Waals surface area contributed by atoms with Gasteiger partial charge in [0.25, 0.3) is 5.91 Å². The van der Waals surface area contributed by atoms with Gasteiger partial charge in [0.15, 0.2) is 5.69 Å². The summed E-state index contributed by atoms with van der Waals surface area (Å²) in [5.41, 5.74) is 0.430. The number of carbonyl (C=O) groups is 1. The normalized spacial score (nSPS) is 13.8. The number of ether oxygens (including phenoxy) is 1. The monoisotopic (exact) mass is 440 g/mol. The van der Waals surface area contributed by atoms with Crippen molar-refractivity contribution in [3.05, 3.63) is 87.3 Å². The quantitative estimate of drug-likeness (QED) is 0.660. The molecule has 0 unspecified atom stereocenters. The predicted octanol–water partition coefficient (Wildman–Crippen LogP) is 2.59. The Bertz CT molecular complexity index is 1170. The Morgan fingerprint density at radius 1 is 1.06 bits per heavy atom. The predicted molar refractivity (Wildman–Crippen MR) is 115 cm³/mol. The average molecular weight is 440 g/mol. The summed E-state index contributed by atoms with van der Waals surface area (Å²) in [7, 11) is 0. The first-order chi connectivity index (χ1) is 15.4. The standard InChI is InChI=1S/C23H22F2N4O3/c1-15-11-21(30)22(27-29(15)16-5-3-2-4-6-16)23(31)26-14-18-19(24)12-17(13-20(18)25)28-7-9-32-10-8-28/h2-6,11-13H,7-10,14H2,1H3,(H,26,31). The van der Waals surface area contributed by atoms with Crippen LogP contribution in [-0.4, -0.2) is 42.0 Å². The van der Waals surface area contributed by atoms with Gasteiger partial charge in [-0.2, -0.15) is 5.10 Å². The van der Waals surface area contributed by atoms with Crippen molar-refractivity contribution < 1.29 is 18.3 Å². The number of halogens is 2. The van der Waals surface area contributed by atoms with Crippen LogP contribution in [0.1, 0.15) is 21.7 Å². The molecule has 7 nitrogen and oxygen atoms in total. The molecule has 1 N–H and O–H groups in total. The summed E-state index contributed by atoms with van der Waals surface area (Å²) in [4.78, 5) is 26.8. The zero-order chi connectivity index (χ0) is 22.7. The minimum absolute atomic E-state index is 0.286. The van der Waals surface area contributed by atoms with E-state index in [0.29, 0.717) is 43.4 Å². The van der Waals surface area contributed by atoms with Gasteiger partial charge in [0, 0.05) is 42.6 Å². The summed E-state index contributed by atoms with van der Waals surface area (Å²) in [6.45, 7) is 3.35. The molecule has 1 amide bonds. The molecule has 166 valence electrons. The second-order valence-electron chi connectivity index (χ2n) is 7.42. The van der Waals surface area contributed by atoms with Crippen LogP contribution in [0.3, 0.4) is 0 Å². The van der Waals surface area contributed by atoms with Crippen molar-refractivity contribution in [3.63, 3.8) is 0 Å². The molecule has 0 aliphatic carbocycles. The number of aryl methyl sites for hydroxylation is 1. The largest absolute Gasteiger partial charge is 0.378 e. The number of anilines is 1. The van der Waals surface area contributed by atoms with Crippen LogP contribution in [0.4, 0.5) is 14.5 Å². The molecule has 2 heterocycles. The van der Waals surface area contributed by atoms with Gasteiger partial charge >= 0.3 is 0 Å². The second kappa shape index (κ2) is 9.27. The molecular weight excluding hydrogens is 418 g/mol. The lowest BCUT2D eigenvalue weighted by Crippen LogP contribution is -2.36. The maximum atomic E-state index is 14.6. The summed E-state index contributed by atoms with van der Waals surface area (Å²) < 4.78 is 35.9. The Kier molecular flexibility index (Phi) is 6.27. The lowest BCUT2D eigenvalue weighted by atomic mass is 10.1. The molecule has 0 spiro atoms. The second-order valence-corrected chi connectivity index (χ2v) is 7.42. The molecule has 1 fully saturated rings. The van der Waals surface area contributed by atoms with E-state index in [1.807, 2.05) is 11.0 Å². The SMILES string of the molecule is Cc1cc(=O)c(C(=O)NCc2c(F)cc(N3CCOCC3)cc2F)nn1-c1ccccc1. The van der Waals surface area contributed by atoms with E-state index in [2.05, 4.69) is 10.4 Å². The minimum Gasteiger partial charge on any atom is -0.378 e. The number of benzene rings is 2. The van der Waals surface area contributed by atoms with Crippen LogP contribution in [0, 0.1) is 18.6 Å². The summed E-state index contributed by atoms with van der Waals surface area (Å²) in [5, 5.41) is 6.57. The van der Waals surface area contributed by atoms with Crippen LogP contribution in [0.25, 0.3) is 5.69 Å².